The van der Waals surface area contributed by atoms with Gasteiger partial charge in [-0.2, -0.15) is 5.10 Å². The lowest BCUT2D eigenvalue weighted by Crippen LogP contribution is -2.45. The van der Waals surface area contributed by atoms with E-state index in [1.807, 2.05) is 28.8 Å². The summed E-state index contributed by atoms with van der Waals surface area (Å²) in [5.41, 5.74) is 2.37. The number of aliphatic imine (C=N–C) groups is 1. The summed E-state index contributed by atoms with van der Waals surface area (Å²) in [6, 6.07) is 10.6. The highest BCUT2D eigenvalue weighted by Gasteiger charge is 2.25. The molecule has 1 unspecified atom stereocenters. The summed E-state index contributed by atoms with van der Waals surface area (Å²) in [6.45, 7) is 7.70. The van der Waals surface area contributed by atoms with Crippen LogP contribution in [0.2, 0.25) is 0 Å². The summed E-state index contributed by atoms with van der Waals surface area (Å²) in [6.07, 6.45) is 5.28. The Bertz CT molecular complexity index is 792. The van der Waals surface area contributed by atoms with Crippen LogP contribution in [0.5, 0.6) is 0 Å². The first-order valence-corrected chi connectivity index (χ1v) is 10.1. The van der Waals surface area contributed by atoms with Crippen LogP contribution in [-0.4, -0.2) is 52.2 Å². The molecule has 0 spiro atoms. The number of nitrogens with zero attached hydrogens (tertiary/aromatic N) is 4. The number of hydrogen-bond donors (Lipinski definition) is 2. The maximum Gasteiger partial charge on any atom is 0.222 e. The van der Waals surface area contributed by atoms with Crippen LogP contribution in [0.1, 0.15) is 37.8 Å². The Morgan fingerprint density at radius 3 is 2.83 bits per heavy atom. The van der Waals surface area contributed by atoms with Crippen molar-refractivity contribution < 1.29 is 4.79 Å². The number of carbonyl (C=O) groups is 1. The van der Waals surface area contributed by atoms with E-state index < -0.39 is 0 Å². The van der Waals surface area contributed by atoms with Gasteiger partial charge in [0.25, 0.3) is 0 Å². The van der Waals surface area contributed by atoms with Crippen LogP contribution in [0.15, 0.2) is 47.7 Å². The van der Waals surface area contributed by atoms with Crippen molar-refractivity contribution in [3.05, 3.63) is 53.9 Å². The van der Waals surface area contributed by atoms with Gasteiger partial charge in [0.05, 0.1) is 13.1 Å². The number of benzene rings is 1. The van der Waals surface area contributed by atoms with Crippen molar-refractivity contribution in [3.63, 3.8) is 0 Å². The number of aromatic nitrogens is 2. The van der Waals surface area contributed by atoms with Gasteiger partial charge >= 0.3 is 0 Å². The standard InChI is InChI=1S/C21H30N6O.HI/c1-3-20(28)26-12-9-19(16-26)25-21(22-4-2)23-14-17-7-5-8-18(13-17)15-27-11-6-10-24-27;/h5-8,10-11,13,19H,3-4,9,12,14-16H2,1-2H3,(H2,22,23,25);1H. The molecule has 2 heterocycles. The van der Waals surface area contributed by atoms with Gasteiger partial charge < -0.3 is 15.5 Å². The lowest BCUT2D eigenvalue weighted by molar-refractivity contribution is -0.129. The second kappa shape index (κ2) is 11.8. The molecule has 1 aromatic heterocycles. The number of carbonyl (C=O) groups excluding carboxylic acids is 1. The molecule has 0 bridgehead atoms. The van der Waals surface area contributed by atoms with Gasteiger partial charge in [-0.3, -0.25) is 9.48 Å². The van der Waals surface area contributed by atoms with E-state index in [0.717, 1.165) is 44.1 Å². The Hall–Kier alpha value is -2.10. The van der Waals surface area contributed by atoms with Crippen LogP contribution in [0.4, 0.5) is 0 Å². The quantitative estimate of drug-likeness (QED) is 0.341. The molecule has 0 saturated carbocycles. The van der Waals surface area contributed by atoms with Crippen molar-refractivity contribution in [2.75, 3.05) is 19.6 Å². The van der Waals surface area contributed by atoms with Gasteiger partial charge in [-0.1, -0.05) is 31.2 Å². The van der Waals surface area contributed by atoms with Crippen LogP contribution in [0, 0.1) is 0 Å². The SMILES string of the molecule is CCNC(=NCc1cccc(Cn2cccn2)c1)NC1CCN(C(=O)CC)C1.I. The fourth-order valence-electron chi connectivity index (χ4n) is 3.42. The van der Waals surface area contributed by atoms with Gasteiger partial charge in [-0.05, 0) is 30.5 Å². The third kappa shape index (κ3) is 7.02. The first-order valence-electron chi connectivity index (χ1n) is 10.1. The van der Waals surface area contributed by atoms with Crippen LogP contribution in [0.3, 0.4) is 0 Å². The smallest absolute Gasteiger partial charge is 0.222 e. The molecule has 1 fully saturated rings. The number of rotatable bonds is 7. The minimum atomic E-state index is 0. The van der Waals surface area contributed by atoms with Crippen molar-refractivity contribution in [1.29, 1.82) is 0 Å². The Morgan fingerprint density at radius 1 is 1.28 bits per heavy atom. The van der Waals surface area contributed by atoms with E-state index >= 15 is 0 Å². The maximum absolute atomic E-state index is 11.9. The number of amides is 1. The molecule has 1 saturated heterocycles. The highest BCUT2D eigenvalue weighted by molar-refractivity contribution is 14.0. The number of likely N-dealkylation sites (tertiary alicyclic amines) is 1. The molecule has 1 aromatic carbocycles. The van der Waals surface area contributed by atoms with Crippen molar-refractivity contribution >= 4 is 35.8 Å². The molecule has 29 heavy (non-hydrogen) atoms. The summed E-state index contributed by atoms with van der Waals surface area (Å²) in [7, 11) is 0. The average molecular weight is 510 g/mol. The molecule has 1 atom stereocenters. The van der Waals surface area contributed by atoms with E-state index in [1.54, 1.807) is 6.20 Å². The second-order valence-corrected chi connectivity index (χ2v) is 7.04. The van der Waals surface area contributed by atoms with Crippen LogP contribution < -0.4 is 10.6 Å². The molecular formula is C21H31IN6O. The molecular weight excluding hydrogens is 479 g/mol. The lowest BCUT2D eigenvalue weighted by Gasteiger charge is -2.18. The first-order chi connectivity index (χ1) is 13.7. The van der Waals surface area contributed by atoms with Gasteiger partial charge in [-0.25, -0.2) is 4.99 Å². The summed E-state index contributed by atoms with van der Waals surface area (Å²) in [4.78, 5) is 18.5. The van der Waals surface area contributed by atoms with Gasteiger partial charge in [0.15, 0.2) is 5.96 Å². The molecule has 158 valence electrons. The lowest BCUT2D eigenvalue weighted by atomic mass is 10.1. The molecule has 1 aliphatic rings. The van der Waals surface area contributed by atoms with Crippen LogP contribution >= 0.6 is 24.0 Å². The third-order valence-corrected chi connectivity index (χ3v) is 4.84. The normalized spacial score (nSPS) is 16.4. The summed E-state index contributed by atoms with van der Waals surface area (Å²) in [5, 5.41) is 11.1. The van der Waals surface area contributed by atoms with Gasteiger partial charge in [0.1, 0.15) is 0 Å². The Balaban J connectivity index is 0.00000300. The van der Waals surface area contributed by atoms with E-state index in [1.165, 1.54) is 5.56 Å². The molecule has 2 N–H and O–H groups in total. The minimum absolute atomic E-state index is 0. The molecule has 1 aliphatic heterocycles. The van der Waals surface area contributed by atoms with Crippen molar-refractivity contribution in [2.45, 2.75) is 45.8 Å². The Kier molecular flexibility index (Phi) is 9.43. The van der Waals surface area contributed by atoms with E-state index in [0.29, 0.717) is 13.0 Å². The summed E-state index contributed by atoms with van der Waals surface area (Å²) < 4.78 is 1.91. The predicted octanol–water partition coefficient (Wildman–Crippen LogP) is 2.62. The number of halogens is 1. The highest BCUT2D eigenvalue weighted by Crippen LogP contribution is 2.11. The van der Waals surface area contributed by atoms with E-state index in [-0.39, 0.29) is 35.9 Å². The highest BCUT2D eigenvalue weighted by atomic mass is 127. The maximum atomic E-state index is 11.9. The van der Waals surface area contributed by atoms with Crippen LogP contribution in [-0.2, 0) is 17.9 Å². The minimum Gasteiger partial charge on any atom is -0.357 e. The summed E-state index contributed by atoms with van der Waals surface area (Å²) >= 11 is 0. The predicted molar refractivity (Wildman–Crippen MR) is 126 cm³/mol. The zero-order valence-electron chi connectivity index (χ0n) is 17.2. The average Bonchev–Trinajstić information content (AvgIpc) is 3.38. The molecule has 3 rings (SSSR count). The van der Waals surface area contributed by atoms with Gasteiger partial charge in [0, 0.05) is 44.5 Å². The zero-order chi connectivity index (χ0) is 19.8. The second-order valence-electron chi connectivity index (χ2n) is 7.04. The zero-order valence-corrected chi connectivity index (χ0v) is 19.5. The molecule has 0 radical (unpaired) electrons. The van der Waals surface area contributed by atoms with E-state index in [4.69, 9.17) is 4.99 Å². The number of nitrogens with one attached hydrogen (secondary N) is 2. The molecule has 8 heteroatoms. The monoisotopic (exact) mass is 510 g/mol. The molecule has 0 aliphatic carbocycles. The van der Waals surface area contributed by atoms with Crippen molar-refractivity contribution in [3.8, 4) is 0 Å². The summed E-state index contributed by atoms with van der Waals surface area (Å²) in [5.74, 6) is 1.02. The van der Waals surface area contributed by atoms with E-state index in [2.05, 4.69) is 46.9 Å². The van der Waals surface area contributed by atoms with Crippen molar-refractivity contribution in [2.24, 2.45) is 4.99 Å². The molecule has 1 amide bonds. The third-order valence-electron chi connectivity index (χ3n) is 4.84. The molecule has 7 nitrogen and oxygen atoms in total. The Labute approximate surface area is 190 Å². The molecule has 2 aromatic rings. The Morgan fingerprint density at radius 2 is 2.10 bits per heavy atom. The van der Waals surface area contributed by atoms with Gasteiger partial charge in [0.2, 0.25) is 5.91 Å². The topological polar surface area (TPSA) is 74.6 Å². The fourth-order valence-corrected chi connectivity index (χ4v) is 3.42. The number of hydrogen-bond acceptors (Lipinski definition) is 3. The van der Waals surface area contributed by atoms with E-state index in [9.17, 15) is 4.79 Å². The first kappa shape index (κ1) is 23.2. The number of guanidine groups is 1. The van der Waals surface area contributed by atoms with Gasteiger partial charge in [-0.15, -0.1) is 24.0 Å². The van der Waals surface area contributed by atoms with Crippen molar-refractivity contribution in [1.82, 2.24) is 25.3 Å². The fraction of sp³-hybridized carbons (Fsp3) is 0.476. The van der Waals surface area contributed by atoms with Crippen LogP contribution in [0.25, 0.3) is 0 Å². The largest absolute Gasteiger partial charge is 0.357 e.